The van der Waals surface area contributed by atoms with E-state index in [4.69, 9.17) is 0 Å². The van der Waals surface area contributed by atoms with E-state index in [9.17, 15) is 4.79 Å². The van der Waals surface area contributed by atoms with Crippen molar-refractivity contribution in [2.24, 2.45) is 0 Å². The van der Waals surface area contributed by atoms with Crippen molar-refractivity contribution in [3.63, 3.8) is 0 Å². The third-order valence-electron chi connectivity index (χ3n) is 6.15. The number of hydrogen-bond acceptors (Lipinski definition) is 1. The quantitative estimate of drug-likeness (QED) is 0.836. The summed E-state index contributed by atoms with van der Waals surface area (Å²) in [5, 5.41) is 3.30. The topological polar surface area (TPSA) is 29.1 Å². The van der Waals surface area contributed by atoms with Gasteiger partial charge in [0.05, 0.1) is 20.1 Å². The smallest absolute Gasteiger partial charge is 0.285 e. The molecule has 1 saturated heterocycles. The molecule has 1 N–H and O–H groups in total. The van der Waals surface area contributed by atoms with Crippen molar-refractivity contribution >= 4 is 11.6 Å². The van der Waals surface area contributed by atoms with E-state index in [1.807, 2.05) is 0 Å². The summed E-state index contributed by atoms with van der Waals surface area (Å²) in [6.07, 6.45) is 7.24. The van der Waals surface area contributed by atoms with Crippen LogP contribution in [0.15, 0.2) is 12.1 Å². The number of likely N-dealkylation sites (tertiary alicyclic amines) is 1. The molecule has 3 heteroatoms. The maximum Gasteiger partial charge on any atom is 0.285 e. The fraction of sp³-hybridized carbons (Fsp3) is 0.650. The molecule has 1 heterocycles. The molecule has 1 aromatic carbocycles. The highest BCUT2D eigenvalue weighted by Crippen LogP contribution is 2.48. The molecule has 0 spiro atoms. The van der Waals surface area contributed by atoms with Gasteiger partial charge in [0, 0.05) is 18.5 Å². The van der Waals surface area contributed by atoms with E-state index in [-0.39, 0.29) is 11.4 Å². The van der Waals surface area contributed by atoms with Crippen LogP contribution in [0.25, 0.3) is 0 Å². The lowest BCUT2D eigenvalue weighted by atomic mass is 10.0. The summed E-state index contributed by atoms with van der Waals surface area (Å²) in [6, 6.07) is 4.31. The SMILES string of the molecule is Cc1cc(C)c(NC(=O)C2([N+]3(C)CCCCCC3)CC2)c(C)c1. The van der Waals surface area contributed by atoms with E-state index < -0.39 is 0 Å². The van der Waals surface area contributed by atoms with Crippen LogP contribution in [-0.4, -0.2) is 36.1 Å². The molecular formula is C20H31N2O+. The van der Waals surface area contributed by atoms with E-state index in [0.29, 0.717) is 0 Å². The first kappa shape index (κ1) is 16.5. The number of carbonyl (C=O) groups is 1. The van der Waals surface area contributed by atoms with Gasteiger partial charge in [-0.05, 0) is 57.6 Å². The van der Waals surface area contributed by atoms with Crippen LogP contribution in [0.5, 0.6) is 0 Å². The first-order valence-corrected chi connectivity index (χ1v) is 9.12. The minimum absolute atomic E-state index is 0.173. The Hall–Kier alpha value is -1.35. The lowest BCUT2D eigenvalue weighted by Crippen LogP contribution is -2.60. The van der Waals surface area contributed by atoms with Crippen LogP contribution in [0.2, 0.25) is 0 Å². The number of likely N-dealkylation sites (N-methyl/N-ethyl adjacent to an activating group) is 1. The number of benzene rings is 1. The lowest BCUT2D eigenvalue weighted by molar-refractivity contribution is -0.933. The van der Waals surface area contributed by atoms with Crippen molar-refractivity contribution in [1.29, 1.82) is 0 Å². The number of nitrogens with zero attached hydrogens (tertiary/aromatic N) is 1. The maximum atomic E-state index is 13.2. The highest BCUT2D eigenvalue weighted by Gasteiger charge is 2.63. The fourth-order valence-corrected chi connectivity index (χ4v) is 4.55. The van der Waals surface area contributed by atoms with Crippen LogP contribution in [0.3, 0.4) is 0 Å². The molecule has 0 bridgehead atoms. The van der Waals surface area contributed by atoms with Gasteiger partial charge >= 0.3 is 0 Å². The number of aryl methyl sites for hydroxylation is 3. The second-order valence-electron chi connectivity index (χ2n) is 8.02. The zero-order valence-corrected chi connectivity index (χ0v) is 15.2. The van der Waals surface area contributed by atoms with Crippen LogP contribution >= 0.6 is 0 Å². The second-order valence-corrected chi connectivity index (χ2v) is 8.02. The van der Waals surface area contributed by atoms with Crippen molar-refractivity contribution in [2.45, 2.75) is 64.8 Å². The maximum absolute atomic E-state index is 13.2. The van der Waals surface area contributed by atoms with Crippen LogP contribution in [-0.2, 0) is 4.79 Å². The summed E-state index contributed by atoms with van der Waals surface area (Å²) < 4.78 is 0.947. The Kier molecular flexibility index (Phi) is 4.26. The molecule has 0 aromatic heterocycles. The molecule has 0 unspecified atom stereocenters. The normalized spacial score (nSPS) is 22.3. The van der Waals surface area contributed by atoms with Crippen LogP contribution < -0.4 is 5.32 Å². The number of hydrogen-bond donors (Lipinski definition) is 1. The fourth-order valence-electron chi connectivity index (χ4n) is 4.55. The van der Waals surface area contributed by atoms with Crippen molar-refractivity contribution in [2.75, 3.05) is 25.5 Å². The third-order valence-corrected chi connectivity index (χ3v) is 6.15. The molecule has 1 saturated carbocycles. The standard InChI is InChI=1S/C20H30N2O/c1-15-13-16(2)18(17(3)14-15)21-19(23)20(9-10-20)22(4)11-7-5-6-8-12-22/h13-14H,5-12H2,1-4H3/p+1. The van der Waals surface area contributed by atoms with Gasteiger partial charge in [-0.25, -0.2) is 0 Å². The zero-order chi connectivity index (χ0) is 16.7. The molecule has 23 heavy (non-hydrogen) atoms. The zero-order valence-electron chi connectivity index (χ0n) is 15.2. The number of amides is 1. The van der Waals surface area contributed by atoms with E-state index in [1.165, 1.54) is 42.4 Å². The first-order valence-electron chi connectivity index (χ1n) is 9.12. The van der Waals surface area contributed by atoms with Crippen LogP contribution in [0.4, 0.5) is 5.69 Å². The Labute approximate surface area is 140 Å². The minimum Gasteiger partial charge on any atom is -0.320 e. The van der Waals surface area contributed by atoms with Gasteiger partial charge in [-0.3, -0.25) is 4.79 Å². The second kappa shape index (κ2) is 5.94. The number of carbonyl (C=O) groups excluding carboxylic acids is 1. The van der Waals surface area contributed by atoms with Crippen molar-refractivity contribution < 1.29 is 9.28 Å². The van der Waals surface area contributed by atoms with Gasteiger partial charge in [0.1, 0.15) is 0 Å². The lowest BCUT2D eigenvalue weighted by Gasteiger charge is -2.41. The summed E-state index contributed by atoms with van der Waals surface area (Å²) in [6.45, 7) is 8.60. The number of anilines is 1. The predicted octanol–water partition coefficient (Wildman–Crippen LogP) is 4.10. The van der Waals surface area contributed by atoms with Crippen molar-refractivity contribution in [1.82, 2.24) is 0 Å². The molecule has 1 aliphatic carbocycles. The van der Waals surface area contributed by atoms with Gasteiger partial charge in [-0.15, -0.1) is 0 Å². The molecule has 2 aliphatic rings. The summed E-state index contributed by atoms with van der Waals surface area (Å²) >= 11 is 0. The van der Waals surface area contributed by atoms with Crippen molar-refractivity contribution in [3.05, 3.63) is 28.8 Å². The summed E-state index contributed by atoms with van der Waals surface area (Å²) in [5.41, 5.74) is 4.45. The molecule has 2 fully saturated rings. The highest BCUT2D eigenvalue weighted by atomic mass is 16.2. The summed E-state index contributed by atoms with van der Waals surface area (Å²) in [4.78, 5) is 13.2. The minimum atomic E-state index is -0.173. The molecular weight excluding hydrogens is 284 g/mol. The van der Waals surface area contributed by atoms with E-state index >= 15 is 0 Å². The molecule has 1 aliphatic heterocycles. The predicted molar refractivity (Wildman–Crippen MR) is 95.6 cm³/mol. The third kappa shape index (κ3) is 2.91. The molecule has 0 atom stereocenters. The monoisotopic (exact) mass is 315 g/mol. The summed E-state index contributed by atoms with van der Waals surface area (Å²) in [7, 11) is 2.31. The average molecular weight is 315 g/mol. The molecule has 3 rings (SSSR count). The Bertz CT molecular complexity index is 585. The first-order chi connectivity index (χ1) is 10.9. The number of nitrogens with one attached hydrogen (secondary N) is 1. The Morgan fingerprint density at radius 1 is 1.00 bits per heavy atom. The van der Waals surface area contributed by atoms with E-state index in [2.05, 4.69) is 45.3 Å². The van der Waals surface area contributed by atoms with E-state index in [0.717, 1.165) is 36.1 Å². The Morgan fingerprint density at radius 3 is 2.00 bits per heavy atom. The van der Waals surface area contributed by atoms with Gasteiger partial charge in [-0.1, -0.05) is 17.7 Å². The Morgan fingerprint density at radius 2 is 1.52 bits per heavy atom. The summed E-state index contributed by atoms with van der Waals surface area (Å²) in [5.74, 6) is 0.247. The number of quaternary nitrogens is 1. The largest absolute Gasteiger partial charge is 0.320 e. The molecule has 1 aromatic rings. The van der Waals surface area contributed by atoms with Gasteiger partial charge < -0.3 is 9.80 Å². The molecule has 0 radical (unpaired) electrons. The molecule has 1 amide bonds. The molecule has 126 valence electrons. The molecule has 3 nitrogen and oxygen atoms in total. The van der Waals surface area contributed by atoms with E-state index in [1.54, 1.807) is 0 Å². The average Bonchev–Trinajstić information content (AvgIpc) is 3.28. The number of rotatable bonds is 3. The van der Waals surface area contributed by atoms with Crippen LogP contribution in [0.1, 0.15) is 55.2 Å². The van der Waals surface area contributed by atoms with Gasteiger partial charge in [0.2, 0.25) is 0 Å². The van der Waals surface area contributed by atoms with Gasteiger partial charge in [0.25, 0.3) is 5.91 Å². The van der Waals surface area contributed by atoms with Crippen LogP contribution in [0, 0.1) is 20.8 Å². The van der Waals surface area contributed by atoms with Gasteiger partial charge in [0.15, 0.2) is 5.54 Å². The highest BCUT2D eigenvalue weighted by molar-refractivity contribution is 6.00. The Balaban J connectivity index is 1.83. The van der Waals surface area contributed by atoms with Crippen molar-refractivity contribution in [3.8, 4) is 0 Å². The van der Waals surface area contributed by atoms with Gasteiger partial charge in [-0.2, -0.15) is 0 Å².